The van der Waals surface area contributed by atoms with Gasteiger partial charge in [0.05, 0.1) is 0 Å². The normalized spacial score (nSPS) is 24.3. The molecule has 2 atom stereocenters. The van der Waals surface area contributed by atoms with E-state index in [1.807, 2.05) is 43.3 Å². The van der Waals surface area contributed by atoms with Gasteiger partial charge in [0.1, 0.15) is 6.04 Å². The first-order valence-corrected chi connectivity index (χ1v) is 6.48. The molecular weight excluding hydrogens is 253 g/mol. The molecule has 1 aromatic rings. The highest BCUT2D eigenvalue weighted by atomic mass is 19.4. The van der Waals surface area contributed by atoms with Crippen molar-refractivity contribution in [2.45, 2.75) is 37.5 Å². The van der Waals surface area contributed by atoms with E-state index in [0.29, 0.717) is 6.42 Å². The molecule has 0 radical (unpaired) electrons. The maximum absolute atomic E-state index is 12.7. The van der Waals surface area contributed by atoms with E-state index in [2.05, 4.69) is 5.32 Å². The van der Waals surface area contributed by atoms with Crippen LogP contribution in [0.1, 0.15) is 30.9 Å². The summed E-state index contributed by atoms with van der Waals surface area (Å²) in [5.74, 6) is 0. The fraction of sp³-hybridized carbons (Fsp3) is 0.571. The molecule has 0 amide bonds. The largest absolute Gasteiger partial charge is 0.403 e. The van der Waals surface area contributed by atoms with Gasteiger partial charge in [-0.2, -0.15) is 13.2 Å². The number of rotatable bonds is 2. The molecule has 19 heavy (non-hydrogen) atoms. The van der Waals surface area contributed by atoms with Crippen LogP contribution in [0.3, 0.4) is 0 Å². The molecule has 1 fully saturated rings. The summed E-state index contributed by atoms with van der Waals surface area (Å²) in [5.41, 5.74) is 1.98. The predicted molar refractivity (Wildman–Crippen MR) is 70.3 cm³/mol. The summed E-state index contributed by atoms with van der Waals surface area (Å²) in [7, 11) is 3.88. The van der Waals surface area contributed by atoms with Crippen LogP contribution >= 0.6 is 0 Å². The van der Waals surface area contributed by atoms with Gasteiger partial charge in [-0.3, -0.25) is 5.32 Å². The number of hydrogen-bond acceptors (Lipinski definition) is 2. The molecule has 0 bridgehead atoms. The number of hydrogen-bond donors (Lipinski definition) is 1. The van der Waals surface area contributed by atoms with Gasteiger partial charge in [0.25, 0.3) is 0 Å². The van der Waals surface area contributed by atoms with Crippen LogP contribution in [0.5, 0.6) is 0 Å². The summed E-state index contributed by atoms with van der Waals surface area (Å²) in [6, 6.07) is 6.12. The SMILES string of the molecule is CN(C)c1ccc(C2CCCC(C(F)(F)F)N2)cc1. The lowest BCUT2D eigenvalue weighted by atomic mass is 9.93. The Morgan fingerprint density at radius 2 is 1.74 bits per heavy atom. The first kappa shape index (κ1) is 14.2. The van der Waals surface area contributed by atoms with Gasteiger partial charge in [-0.05, 0) is 37.0 Å². The average molecular weight is 272 g/mol. The standard InChI is InChI=1S/C14H19F3N2/c1-19(2)11-8-6-10(7-9-11)12-4-3-5-13(18-12)14(15,16)17/h6-9,12-13,18H,3-5H2,1-2H3. The molecule has 1 aliphatic rings. The van der Waals surface area contributed by atoms with Crippen molar-refractivity contribution < 1.29 is 13.2 Å². The van der Waals surface area contributed by atoms with Crippen LogP contribution in [-0.4, -0.2) is 26.3 Å². The Morgan fingerprint density at radius 3 is 2.26 bits per heavy atom. The van der Waals surface area contributed by atoms with Crippen molar-refractivity contribution in [3.05, 3.63) is 29.8 Å². The van der Waals surface area contributed by atoms with Gasteiger partial charge < -0.3 is 4.90 Å². The molecular formula is C14H19F3N2. The Labute approximate surface area is 111 Å². The van der Waals surface area contributed by atoms with Gasteiger partial charge in [-0.15, -0.1) is 0 Å². The number of alkyl halides is 3. The number of nitrogens with one attached hydrogen (secondary N) is 1. The summed E-state index contributed by atoms with van der Waals surface area (Å²) < 4.78 is 38.2. The van der Waals surface area contributed by atoms with Crippen LogP contribution < -0.4 is 10.2 Å². The second-order valence-corrected chi connectivity index (χ2v) is 5.23. The summed E-state index contributed by atoms with van der Waals surface area (Å²) in [4.78, 5) is 1.97. The molecule has 2 unspecified atom stereocenters. The molecule has 1 saturated heterocycles. The Balaban J connectivity index is 2.09. The first-order chi connectivity index (χ1) is 8.88. The lowest BCUT2D eigenvalue weighted by molar-refractivity contribution is -0.163. The van der Waals surface area contributed by atoms with Gasteiger partial charge in [0.15, 0.2) is 0 Å². The monoisotopic (exact) mass is 272 g/mol. The third kappa shape index (κ3) is 3.41. The van der Waals surface area contributed by atoms with Crippen molar-refractivity contribution in [3.63, 3.8) is 0 Å². The molecule has 1 aromatic carbocycles. The van der Waals surface area contributed by atoms with Crippen LogP contribution in [0.15, 0.2) is 24.3 Å². The summed E-state index contributed by atoms with van der Waals surface area (Å²) in [6.45, 7) is 0. The van der Waals surface area contributed by atoms with Crippen LogP contribution in [0.4, 0.5) is 18.9 Å². The zero-order chi connectivity index (χ0) is 14.0. The number of anilines is 1. The van der Waals surface area contributed by atoms with Crippen LogP contribution in [0.25, 0.3) is 0 Å². The molecule has 2 rings (SSSR count). The second kappa shape index (κ2) is 5.41. The Morgan fingerprint density at radius 1 is 1.11 bits per heavy atom. The minimum Gasteiger partial charge on any atom is -0.378 e. The van der Waals surface area contributed by atoms with E-state index >= 15 is 0 Å². The van der Waals surface area contributed by atoms with E-state index in [4.69, 9.17) is 0 Å². The molecule has 0 aromatic heterocycles. The van der Waals surface area contributed by atoms with Gasteiger partial charge in [-0.1, -0.05) is 12.1 Å². The topological polar surface area (TPSA) is 15.3 Å². The maximum atomic E-state index is 12.7. The van der Waals surface area contributed by atoms with Crippen molar-refractivity contribution >= 4 is 5.69 Å². The van der Waals surface area contributed by atoms with Crippen molar-refractivity contribution in [2.24, 2.45) is 0 Å². The van der Waals surface area contributed by atoms with Crippen molar-refractivity contribution in [3.8, 4) is 0 Å². The van der Waals surface area contributed by atoms with E-state index < -0.39 is 12.2 Å². The molecule has 5 heteroatoms. The highest BCUT2D eigenvalue weighted by Gasteiger charge is 2.42. The molecule has 1 N–H and O–H groups in total. The molecule has 1 aliphatic heterocycles. The van der Waals surface area contributed by atoms with E-state index in [0.717, 1.165) is 17.7 Å². The van der Waals surface area contributed by atoms with Crippen molar-refractivity contribution in [1.82, 2.24) is 5.32 Å². The summed E-state index contributed by atoms with van der Waals surface area (Å²) in [6.07, 6.45) is -2.61. The third-order valence-corrected chi connectivity index (χ3v) is 3.59. The maximum Gasteiger partial charge on any atom is 0.403 e. The Hall–Kier alpha value is -1.23. The van der Waals surface area contributed by atoms with Gasteiger partial charge in [0.2, 0.25) is 0 Å². The Bertz CT molecular complexity index is 412. The minimum absolute atomic E-state index is 0.176. The molecule has 2 nitrogen and oxygen atoms in total. The fourth-order valence-corrected chi connectivity index (χ4v) is 2.46. The predicted octanol–water partition coefficient (Wildman–Crippen LogP) is 3.50. The lowest BCUT2D eigenvalue weighted by Crippen LogP contribution is -2.46. The molecule has 0 spiro atoms. The smallest absolute Gasteiger partial charge is 0.378 e. The summed E-state index contributed by atoms with van der Waals surface area (Å²) in [5, 5.41) is 2.72. The van der Waals surface area contributed by atoms with Gasteiger partial charge >= 0.3 is 6.18 Å². The molecule has 106 valence electrons. The number of nitrogens with zero attached hydrogens (tertiary/aromatic N) is 1. The highest BCUT2D eigenvalue weighted by molar-refractivity contribution is 5.46. The van der Waals surface area contributed by atoms with Crippen molar-refractivity contribution in [1.29, 1.82) is 0 Å². The zero-order valence-electron chi connectivity index (χ0n) is 11.2. The van der Waals surface area contributed by atoms with Gasteiger partial charge in [0, 0.05) is 25.8 Å². The number of halogens is 3. The number of benzene rings is 1. The van der Waals surface area contributed by atoms with E-state index in [-0.39, 0.29) is 12.5 Å². The number of piperidine rings is 1. The first-order valence-electron chi connectivity index (χ1n) is 6.48. The summed E-state index contributed by atoms with van der Waals surface area (Å²) >= 11 is 0. The quantitative estimate of drug-likeness (QED) is 0.886. The highest BCUT2D eigenvalue weighted by Crippen LogP contribution is 2.33. The van der Waals surface area contributed by atoms with E-state index in [1.165, 1.54) is 0 Å². The Kier molecular flexibility index (Phi) is 4.04. The van der Waals surface area contributed by atoms with Crippen LogP contribution in [0.2, 0.25) is 0 Å². The second-order valence-electron chi connectivity index (χ2n) is 5.23. The van der Waals surface area contributed by atoms with Gasteiger partial charge in [-0.25, -0.2) is 0 Å². The minimum atomic E-state index is -4.15. The molecule has 0 aliphatic carbocycles. The zero-order valence-corrected chi connectivity index (χ0v) is 11.2. The fourth-order valence-electron chi connectivity index (χ4n) is 2.46. The third-order valence-electron chi connectivity index (χ3n) is 3.59. The van der Waals surface area contributed by atoms with E-state index in [1.54, 1.807) is 0 Å². The molecule has 0 saturated carbocycles. The van der Waals surface area contributed by atoms with E-state index in [9.17, 15) is 13.2 Å². The lowest BCUT2D eigenvalue weighted by Gasteiger charge is -2.32. The average Bonchev–Trinajstić information content (AvgIpc) is 2.38. The van der Waals surface area contributed by atoms with Crippen LogP contribution in [-0.2, 0) is 0 Å². The van der Waals surface area contributed by atoms with Crippen molar-refractivity contribution in [2.75, 3.05) is 19.0 Å². The van der Waals surface area contributed by atoms with Crippen LogP contribution in [0, 0.1) is 0 Å². The molecule has 1 heterocycles.